The third-order valence-electron chi connectivity index (χ3n) is 4.03. The molecule has 3 rings (SSSR count). The third-order valence-corrected chi connectivity index (χ3v) is 4.03. The molecule has 21 heavy (non-hydrogen) atoms. The number of nitrogens with zero attached hydrogens (tertiary/aromatic N) is 2. The van der Waals surface area contributed by atoms with Crippen molar-refractivity contribution in [3.63, 3.8) is 0 Å². The topological polar surface area (TPSA) is 50.9 Å². The van der Waals surface area contributed by atoms with E-state index in [2.05, 4.69) is 18.2 Å². The van der Waals surface area contributed by atoms with Gasteiger partial charge in [0, 0.05) is 18.7 Å². The van der Waals surface area contributed by atoms with E-state index in [1.807, 2.05) is 48.2 Å². The van der Waals surface area contributed by atoms with E-state index in [0.29, 0.717) is 12.3 Å². The Morgan fingerprint density at radius 3 is 2.43 bits per heavy atom. The van der Waals surface area contributed by atoms with Crippen LogP contribution in [0.25, 0.3) is 0 Å². The molecule has 1 aliphatic rings. The van der Waals surface area contributed by atoms with Crippen molar-refractivity contribution in [3.05, 3.63) is 65.2 Å². The summed E-state index contributed by atoms with van der Waals surface area (Å²) in [5.41, 5.74) is 4.56. The van der Waals surface area contributed by atoms with E-state index in [1.54, 1.807) is 0 Å². The normalized spacial score (nSPS) is 15.2. The molecule has 1 N–H and O–H groups in total. The number of amidine groups is 1. The van der Waals surface area contributed by atoms with E-state index < -0.39 is 0 Å². The Balaban J connectivity index is 1.88. The molecule has 0 amide bonds. The van der Waals surface area contributed by atoms with E-state index in [9.17, 15) is 0 Å². The van der Waals surface area contributed by atoms with Gasteiger partial charge in [0.05, 0.1) is 12.0 Å². The summed E-state index contributed by atoms with van der Waals surface area (Å²) in [6.07, 6.45) is 0.673. The van der Waals surface area contributed by atoms with Crippen molar-refractivity contribution in [2.75, 3.05) is 4.90 Å². The summed E-state index contributed by atoms with van der Waals surface area (Å²) in [5, 5.41) is 17.2. The van der Waals surface area contributed by atoms with Crippen molar-refractivity contribution < 1.29 is 0 Å². The molecule has 0 fully saturated rings. The molecule has 0 spiro atoms. The molecule has 1 aliphatic heterocycles. The fourth-order valence-corrected chi connectivity index (χ4v) is 2.69. The third kappa shape index (κ3) is 2.53. The van der Waals surface area contributed by atoms with E-state index in [4.69, 9.17) is 10.7 Å². The second kappa shape index (κ2) is 5.41. The molecule has 0 radical (unpaired) electrons. The number of hydrogen-bond donors (Lipinski definition) is 1. The van der Waals surface area contributed by atoms with Gasteiger partial charge in [0.2, 0.25) is 0 Å². The van der Waals surface area contributed by atoms with E-state index in [-0.39, 0.29) is 5.92 Å². The van der Waals surface area contributed by atoms with Gasteiger partial charge in [0.25, 0.3) is 0 Å². The Morgan fingerprint density at radius 1 is 1.10 bits per heavy atom. The van der Waals surface area contributed by atoms with Gasteiger partial charge < -0.3 is 4.90 Å². The van der Waals surface area contributed by atoms with Crippen LogP contribution < -0.4 is 4.90 Å². The molecule has 0 bridgehead atoms. The summed E-state index contributed by atoms with van der Waals surface area (Å²) in [6, 6.07) is 18.5. The Kier molecular flexibility index (Phi) is 3.45. The van der Waals surface area contributed by atoms with Gasteiger partial charge in [-0.15, -0.1) is 0 Å². The highest BCUT2D eigenvalue weighted by Gasteiger charge is 2.21. The van der Waals surface area contributed by atoms with Crippen molar-refractivity contribution in [1.82, 2.24) is 0 Å². The first-order valence-corrected chi connectivity index (χ1v) is 7.10. The minimum atomic E-state index is -0.0967. The summed E-state index contributed by atoms with van der Waals surface area (Å²) < 4.78 is 0. The van der Waals surface area contributed by atoms with Crippen LogP contribution in [-0.2, 0) is 13.0 Å². The largest absolute Gasteiger partial charge is 0.326 e. The van der Waals surface area contributed by atoms with Gasteiger partial charge >= 0.3 is 0 Å². The summed E-state index contributed by atoms with van der Waals surface area (Å²) in [7, 11) is 0. The molecular weight excluding hydrogens is 258 g/mol. The molecular formula is C18H17N3. The zero-order valence-electron chi connectivity index (χ0n) is 12.0. The summed E-state index contributed by atoms with van der Waals surface area (Å²) in [5.74, 6) is 0.523. The summed E-state index contributed by atoms with van der Waals surface area (Å²) in [4.78, 5) is 2.03. The fraction of sp³-hybridized carbons (Fsp3) is 0.222. The molecule has 0 unspecified atom stereocenters. The van der Waals surface area contributed by atoms with Gasteiger partial charge in [-0.2, -0.15) is 5.26 Å². The summed E-state index contributed by atoms with van der Waals surface area (Å²) >= 11 is 0. The number of nitrogens with one attached hydrogen (secondary N) is 1. The predicted molar refractivity (Wildman–Crippen MR) is 84.5 cm³/mol. The number of fused-ring (bicyclic) bond motifs is 1. The van der Waals surface area contributed by atoms with Crippen molar-refractivity contribution in [3.8, 4) is 6.07 Å². The zero-order chi connectivity index (χ0) is 14.8. The van der Waals surface area contributed by atoms with Crippen LogP contribution in [0.2, 0.25) is 0 Å². The lowest BCUT2D eigenvalue weighted by atomic mass is 9.97. The molecule has 3 heteroatoms. The van der Waals surface area contributed by atoms with Crippen molar-refractivity contribution in [1.29, 1.82) is 10.7 Å². The summed E-state index contributed by atoms with van der Waals surface area (Å²) in [6.45, 7) is 2.64. The molecule has 3 nitrogen and oxygen atoms in total. The molecule has 1 heterocycles. The van der Waals surface area contributed by atoms with Crippen LogP contribution in [0.4, 0.5) is 5.69 Å². The number of anilines is 1. The first-order chi connectivity index (χ1) is 10.2. The van der Waals surface area contributed by atoms with E-state index >= 15 is 0 Å². The number of rotatable bonds is 2. The van der Waals surface area contributed by atoms with Gasteiger partial charge in [-0.1, -0.05) is 36.4 Å². The maximum Gasteiger partial charge on any atom is 0.105 e. The van der Waals surface area contributed by atoms with E-state index in [0.717, 1.165) is 17.8 Å². The average Bonchev–Trinajstić information content (AvgIpc) is 2.53. The Labute approximate surface area is 125 Å². The lowest BCUT2D eigenvalue weighted by Crippen LogP contribution is -2.35. The lowest BCUT2D eigenvalue weighted by Gasteiger charge is -2.31. The Hall–Kier alpha value is -2.60. The molecule has 0 aliphatic carbocycles. The molecule has 104 valence electrons. The lowest BCUT2D eigenvalue weighted by molar-refractivity contribution is 0.914. The van der Waals surface area contributed by atoms with Crippen LogP contribution in [0.5, 0.6) is 0 Å². The van der Waals surface area contributed by atoms with Crippen LogP contribution in [0.1, 0.15) is 29.5 Å². The molecule has 0 saturated heterocycles. The maximum atomic E-state index is 8.96. The van der Waals surface area contributed by atoms with Crippen LogP contribution in [0.15, 0.2) is 48.5 Å². The van der Waals surface area contributed by atoms with E-state index in [1.165, 1.54) is 11.1 Å². The minimum Gasteiger partial charge on any atom is -0.326 e. The van der Waals surface area contributed by atoms with Crippen LogP contribution >= 0.6 is 0 Å². The smallest absolute Gasteiger partial charge is 0.105 e. The molecule has 2 aromatic rings. The van der Waals surface area contributed by atoms with Crippen molar-refractivity contribution in [2.24, 2.45) is 0 Å². The highest BCUT2D eigenvalue weighted by Crippen LogP contribution is 2.26. The monoisotopic (exact) mass is 275 g/mol. The molecule has 2 aromatic carbocycles. The first kappa shape index (κ1) is 13.4. The minimum absolute atomic E-state index is 0.0967. The van der Waals surface area contributed by atoms with Gasteiger partial charge in [0.1, 0.15) is 5.84 Å². The molecule has 1 atom stereocenters. The van der Waals surface area contributed by atoms with Gasteiger partial charge in [0.15, 0.2) is 0 Å². The Morgan fingerprint density at radius 2 is 1.76 bits per heavy atom. The van der Waals surface area contributed by atoms with Crippen molar-refractivity contribution in [2.45, 2.75) is 25.8 Å². The van der Waals surface area contributed by atoms with Crippen molar-refractivity contribution >= 4 is 11.5 Å². The standard InChI is InChI=1S/C18H17N3/c1-13(11-19)14-6-8-17(9-7-14)21-12-16-5-3-2-4-15(16)10-18(21)20/h2-9,13,20H,10,12H2,1H3/t13-/m0/s1. The maximum absolute atomic E-state index is 8.96. The second-order valence-electron chi connectivity index (χ2n) is 5.42. The molecule has 0 aromatic heterocycles. The highest BCUT2D eigenvalue weighted by atomic mass is 15.2. The SMILES string of the molecule is C[C@@H](C#N)c1ccc(N2Cc3ccccc3CC2=N)cc1. The predicted octanol–water partition coefficient (Wildman–Crippen LogP) is 3.85. The van der Waals surface area contributed by atoms with Crippen LogP contribution in [-0.4, -0.2) is 5.84 Å². The first-order valence-electron chi connectivity index (χ1n) is 7.10. The van der Waals surface area contributed by atoms with Crippen LogP contribution in [0.3, 0.4) is 0 Å². The number of benzene rings is 2. The molecule has 0 saturated carbocycles. The average molecular weight is 275 g/mol. The number of nitriles is 1. The quantitative estimate of drug-likeness (QED) is 0.905. The Bertz CT molecular complexity index is 710. The zero-order valence-corrected chi connectivity index (χ0v) is 12.0. The van der Waals surface area contributed by atoms with Gasteiger partial charge in [-0.25, -0.2) is 0 Å². The van der Waals surface area contributed by atoms with Gasteiger partial charge in [-0.3, -0.25) is 5.41 Å². The highest BCUT2D eigenvalue weighted by molar-refractivity contribution is 5.98. The second-order valence-corrected chi connectivity index (χ2v) is 5.42. The van der Waals surface area contributed by atoms with Gasteiger partial charge in [-0.05, 0) is 35.7 Å². The van der Waals surface area contributed by atoms with Crippen LogP contribution in [0, 0.1) is 16.7 Å². The fourth-order valence-electron chi connectivity index (χ4n) is 2.69. The number of hydrogen-bond acceptors (Lipinski definition) is 2.